The summed E-state index contributed by atoms with van der Waals surface area (Å²) in [4.78, 5) is 12.2. The molecule has 23 heavy (non-hydrogen) atoms. The number of rotatable bonds is 8. The number of hydrogen-bond acceptors (Lipinski definition) is 4. The summed E-state index contributed by atoms with van der Waals surface area (Å²) in [6, 6.07) is 14.6. The summed E-state index contributed by atoms with van der Waals surface area (Å²) >= 11 is 0. The first kappa shape index (κ1) is 16.8. The Bertz CT molecular complexity index is 659. The van der Waals surface area contributed by atoms with E-state index < -0.39 is 0 Å². The predicted octanol–water partition coefficient (Wildman–Crippen LogP) is 3.62. The first-order valence-electron chi connectivity index (χ1n) is 7.32. The minimum atomic E-state index is -0.0700. The fourth-order valence-corrected chi connectivity index (χ4v) is 2.02. The van der Waals surface area contributed by atoms with Crippen LogP contribution >= 0.6 is 0 Å². The Kier molecular flexibility index (Phi) is 6.39. The van der Waals surface area contributed by atoms with Gasteiger partial charge >= 0.3 is 0 Å². The number of hydrogen-bond donors (Lipinski definition) is 0. The van der Waals surface area contributed by atoms with Gasteiger partial charge in [-0.3, -0.25) is 4.79 Å². The standard InChI is InChI=1S/C19H20O4/c1-21-13-14-23-17-10-7-15(8-11-17)18(20)12-9-16-5-3-4-6-19(16)22-2/h3-12H,13-14H2,1-2H3. The van der Waals surface area contributed by atoms with Gasteiger partial charge in [0.2, 0.25) is 0 Å². The van der Waals surface area contributed by atoms with Crippen LogP contribution in [0.1, 0.15) is 15.9 Å². The average Bonchev–Trinajstić information content (AvgIpc) is 2.60. The second-order valence-electron chi connectivity index (χ2n) is 4.81. The lowest BCUT2D eigenvalue weighted by Crippen LogP contribution is -2.04. The normalized spacial score (nSPS) is 10.7. The molecule has 0 N–H and O–H groups in total. The quantitative estimate of drug-likeness (QED) is 0.424. The lowest BCUT2D eigenvalue weighted by atomic mass is 10.1. The molecule has 0 fully saturated rings. The van der Waals surface area contributed by atoms with Crippen molar-refractivity contribution >= 4 is 11.9 Å². The van der Waals surface area contributed by atoms with E-state index in [1.807, 2.05) is 24.3 Å². The molecule has 2 rings (SSSR count). The highest BCUT2D eigenvalue weighted by atomic mass is 16.5. The molecule has 0 saturated heterocycles. The van der Waals surface area contributed by atoms with Crippen molar-refractivity contribution in [3.63, 3.8) is 0 Å². The van der Waals surface area contributed by atoms with Crippen LogP contribution < -0.4 is 9.47 Å². The molecular formula is C19H20O4. The van der Waals surface area contributed by atoms with E-state index in [1.165, 1.54) is 0 Å². The molecule has 4 heteroatoms. The largest absolute Gasteiger partial charge is 0.496 e. The zero-order valence-corrected chi connectivity index (χ0v) is 13.3. The van der Waals surface area contributed by atoms with Gasteiger partial charge in [0.1, 0.15) is 18.1 Å². The number of carbonyl (C=O) groups excluding carboxylic acids is 1. The fourth-order valence-electron chi connectivity index (χ4n) is 2.02. The van der Waals surface area contributed by atoms with Crippen molar-refractivity contribution in [3.8, 4) is 11.5 Å². The van der Waals surface area contributed by atoms with E-state index in [0.29, 0.717) is 24.5 Å². The summed E-state index contributed by atoms with van der Waals surface area (Å²) in [5.41, 5.74) is 1.47. The number of methoxy groups -OCH3 is 2. The highest BCUT2D eigenvalue weighted by molar-refractivity contribution is 6.07. The third-order valence-electron chi connectivity index (χ3n) is 3.25. The van der Waals surface area contributed by atoms with Crippen LogP contribution in [0.3, 0.4) is 0 Å². The van der Waals surface area contributed by atoms with Crippen molar-refractivity contribution in [1.82, 2.24) is 0 Å². The molecule has 2 aromatic carbocycles. The molecule has 0 aromatic heterocycles. The molecule has 0 unspecified atom stereocenters. The molecule has 120 valence electrons. The highest BCUT2D eigenvalue weighted by Crippen LogP contribution is 2.19. The van der Waals surface area contributed by atoms with Crippen LogP contribution in [0.5, 0.6) is 11.5 Å². The van der Waals surface area contributed by atoms with Crippen molar-refractivity contribution in [2.24, 2.45) is 0 Å². The lowest BCUT2D eigenvalue weighted by molar-refractivity contribution is 0.104. The van der Waals surface area contributed by atoms with Gasteiger partial charge in [-0.2, -0.15) is 0 Å². The third kappa shape index (κ3) is 4.97. The number of ketones is 1. The zero-order chi connectivity index (χ0) is 16.5. The molecule has 0 aliphatic rings. The summed E-state index contributed by atoms with van der Waals surface area (Å²) in [6.45, 7) is 1.01. The maximum Gasteiger partial charge on any atom is 0.185 e. The van der Waals surface area contributed by atoms with Gasteiger partial charge in [-0.05, 0) is 42.5 Å². The number of carbonyl (C=O) groups is 1. The van der Waals surface area contributed by atoms with Crippen LogP contribution in [0, 0.1) is 0 Å². The lowest BCUT2D eigenvalue weighted by Gasteiger charge is -2.05. The first-order valence-corrected chi connectivity index (χ1v) is 7.32. The van der Waals surface area contributed by atoms with Crippen LogP contribution in [0.25, 0.3) is 6.08 Å². The second kappa shape index (κ2) is 8.76. The molecule has 0 radical (unpaired) electrons. The van der Waals surface area contributed by atoms with E-state index in [9.17, 15) is 4.79 Å². The number of para-hydroxylation sites is 1. The second-order valence-corrected chi connectivity index (χ2v) is 4.81. The van der Waals surface area contributed by atoms with Gasteiger partial charge in [0.15, 0.2) is 5.78 Å². The van der Waals surface area contributed by atoms with Crippen LogP contribution in [0.15, 0.2) is 54.6 Å². The highest BCUT2D eigenvalue weighted by Gasteiger charge is 2.03. The van der Waals surface area contributed by atoms with E-state index in [0.717, 1.165) is 11.3 Å². The number of ether oxygens (including phenoxy) is 3. The molecule has 0 heterocycles. The van der Waals surface area contributed by atoms with Gasteiger partial charge in [-0.15, -0.1) is 0 Å². The molecule has 0 bridgehead atoms. The maximum atomic E-state index is 12.2. The van der Waals surface area contributed by atoms with Crippen LogP contribution in [0.4, 0.5) is 0 Å². The predicted molar refractivity (Wildman–Crippen MR) is 90.2 cm³/mol. The summed E-state index contributed by atoms with van der Waals surface area (Å²) < 4.78 is 15.6. The van der Waals surface area contributed by atoms with Crippen LogP contribution in [0.2, 0.25) is 0 Å². The van der Waals surface area contributed by atoms with Crippen molar-refractivity contribution in [3.05, 3.63) is 65.7 Å². The monoisotopic (exact) mass is 312 g/mol. The Morgan fingerprint density at radius 2 is 1.74 bits per heavy atom. The topological polar surface area (TPSA) is 44.8 Å². The maximum absolute atomic E-state index is 12.2. The van der Waals surface area contributed by atoms with Gasteiger partial charge in [-0.25, -0.2) is 0 Å². The van der Waals surface area contributed by atoms with E-state index in [-0.39, 0.29) is 5.78 Å². The zero-order valence-electron chi connectivity index (χ0n) is 13.3. The number of allylic oxidation sites excluding steroid dienone is 1. The average molecular weight is 312 g/mol. The van der Waals surface area contributed by atoms with Gasteiger partial charge in [-0.1, -0.05) is 18.2 Å². The Morgan fingerprint density at radius 3 is 2.43 bits per heavy atom. The van der Waals surface area contributed by atoms with E-state index >= 15 is 0 Å². The molecule has 0 saturated carbocycles. The Balaban J connectivity index is 2.01. The van der Waals surface area contributed by atoms with Crippen molar-refractivity contribution in [1.29, 1.82) is 0 Å². The van der Waals surface area contributed by atoms with Crippen LogP contribution in [-0.4, -0.2) is 33.2 Å². The summed E-state index contributed by atoms with van der Waals surface area (Å²) in [5, 5.41) is 0. The van der Waals surface area contributed by atoms with Gasteiger partial charge in [0.05, 0.1) is 13.7 Å². The fraction of sp³-hybridized carbons (Fsp3) is 0.211. The summed E-state index contributed by atoms with van der Waals surface area (Å²) in [7, 11) is 3.23. The van der Waals surface area contributed by atoms with Gasteiger partial charge in [0, 0.05) is 18.2 Å². The number of benzene rings is 2. The molecule has 0 atom stereocenters. The van der Waals surface area contributed by atoms with Gasteiger partial charge < -0.3 is 14.2 Å². The minimum Gasteiger partial charge on any atom is -0.496 e. The molecule has 0 spiro atoms. The van der Waals surface area contributed by atoms with Crippen molar-refractivity contribution in [2.45, 2.75) is 0 Å². The molecule has 2 aromatic rings. The van der Waals surface area contributed by atoms with Crippen LogP contribution in [-0.2, 0) is 4.74 Å². The first-order chi connectivity index (χ1) is 11.2. The molecule has 4 nitrogen and oxygen atoms in total. The summed E-state index contributed by atoms with van der Waals surface area (Å²) in [5.74, 6) is 1.38. The Hall–Kier alpha value is -2.59. The minimum absolute atomic E-state index is 0.0700. The Labute approximate surface area is 136 Å². The third-order valence-corrected chi connectivity index (χ3v) is 3.25. The smallest absolute Gasteiger partial charge is 0.185 e. The van der Waals surface area contributed by atoms with E-state index in [2.05, 4.69) is 0 Å². The SMILES string of the molecule is COCCOc1ccc(C(=O)C=Cc2ccccc2OC)cc1. The van der Waals surface area contributed by atoms with E-state index in [4.69, 9.17) is 14.2 Å². The van der Waals surface area contributed by atoms with E-state index in [1.54, 1.807) is 50.6 Å². The Morgan fingerprint density at radius 1 is 1.00 bits per heavy atom. The molecular weight excluding hydrogens is 292 g/mol. The molecule has 0 aliphatic carbocycles. The molecule has 0 aliphatic heterocycles. The van der Waals surface area contributed by atoms with Crippen molar-refractivity contribution < 1.29 is 19.0 Å². The molecule has 0 amide bonds. The van der Waals surface area contributed by atoms with Crippen molar-refractivity contribution in [2.75, 3.05) is 27.4 Å². The summed E-state index contributed by atoms with van der Waals surface area (Å²) in [6.07, 6.45) is 3.29. The van der Waals surface area contributed by atoms with Gasteiger partial charge in [0.25, 0.3) is 0 Å².